The third-order valence-electron chi connectivity index (χ3n) is 3.36. The number of benzene rings is 2. The monoisotopic (exact) mass is 282 g/mol. The normalized spacial score (nSPS) is 10.7. The molecule has 0 bridgehead atoms. The highest BCUT2D eigenvalue weighted by molar-refractivity contribution is 5.97. The van der Waals surface area contributed by atoms with Crippen LogP contribution in [0.3, 0.4) is 0 Å². The van der Waals surface area contributed by atoms with Crippen molar-refractivity contribution in [3.05, 3.63) is 71.7 Å². The number of fused-ring (bicyclic) bond motifs is 1. The first-order chi connectivity index (χ1) is 10.2. The minimum Gasteiger partial charge on any atom is -0.351 e. The average molecular weight is 282 g/mol. The molecule has 1 aromatic heterocycles. The van der Waals surface area contributed by atoms with Gasteiger partial charge in [0, 0.05) is 17.4 Å². The summed E-state index contributed by atoms with van der Waals surface area (Å²) in [4.78, 5) is 15.1. The lowest BCUT2D eigenvalue weighted by Gasteiger charge is -2.04. The van der Waals surface area contributed by atoms with Crippen molar-refractivity contribution in [1.82, 2.24) is 10.3 Å². The van der Waals surface area contributed by atoms with Crippen LogP contribution in [0, 0.1) is 5.82 Å². The summed E-state index contributed by atoms with van der Waals surface area (Å²) in [5.74, 6) is -0.406. The van der Waals surface area contributed by atoms with Crippen molar-refractivity contribution < 1.29 is 9.18 Å². The summed E-state index contributed by atoms with van der Waals surface area (Å²) in [5, 5.41) is 3.84. The Morgan fingerprint density at radius 2 is 1.95 bits per heavy atom. The molecule has 0 fully saturated rings. The summed E-state index contributed by atoms with van der Waals surface area (Å²) < 4.78 is 13.0. The molecule has 2 N–H and O–H groups in total. The lowest BCUT2D eigenvalue weighted by atomic mass is 10.1. The lowest BCUT2D eigenvalue weighted by molar-refractivity contribution is 0.0950. The third-order valence-corrected chi connectivity index (χ3v) is 3.36. The molecule has 1 heterocycles. The molecule has 2 aromatic carbocycles. The van der Waals surface area contributed by atoms with Gasteiger partial charge in [0.2, 0.25) is 0 Å². The minimum atomic E-state index is -0.255. The van der Waals surface area contributed by atoms with Crippen molar-refractivity contribution in [2.45, 2.75) is 6.42 Å². The van der Waals surface area contributed by atoms with E-state index in [0.717, 1.165) is 16.5 Å². The van der Waals surface area contributed by atoms with Crippen LogP contribution in [0.5, 0.6) is 0 Å². The molecule has 0 atom stereocenters. The van der Waals surface area contributed by atoms with E-state index in [1.165, 1.54) is 12.1 Å². The van der Waals surface area contributed by atoms with Gasteiger partial charge in [-0.3, -0.25) is 4.79 Å². The zero-order valence-corrected chi connectivity index (χ0v) is 11.4. The van der Waals surface area contributed by atoms with E-state index in [1.807, 2.05) is 36.4 Å². The molecule has 3 rings (SSSR count). The summed E-state index contributed by atoms with van der Waals surface area (Å²) in [6.45, 7) is 0.470. The van der Waals surface area contributed by atoms with Crippen LogP contribution in [-0.4, -0.2) is 17.4 Å². The molecular weight excluding hydrogens is 267 g/mol. The van der Waals surface area contributed by atoms with E-state index in [1.54, 1.807) is 6.07 Å². The van der Waals surface area contributed by atoms with Crippen LogP contribution in [-0.2, 0) is 6.42 Å². The Labute approximate surface area is 121 Å². The quantitative estimate of drug-likeness (QED) is 0.758. The van der Waals surface area contributed by atoms with Gasteiger partial charge in [-0.25, -0.2) is 4.39 Å². The molecule has 0 unspecified atom stereocenters. The minimum absolute atomic E-state index is 0.150. The Morgan fingerprint density at radius 3 is 2.76 bits per heavy atom. The lowest BCUT2D eigenvalue weighted by Crippen LogP contribution is -2.25. The predicted molar refractivity (Wildman–Crippen MR) is 80.7 cm³/mol. The Balaban J connectivity index is 1.61. The number of aromatic nitrogens is 1. The average Bonchev–Trinajstić information content (AvgIpc) is 2.91. The molecular formula is C17H15FN2O. The van der Waals surface area contributed by atoms with E-state index in [2.05, 4.69) is 10.3 Å². The van der Waals surface area contributed by atoms with E-state index in [9.17, 15) is 9.18 Å². The van der Waals surface area contributed by atoms with Gasteiger partial charge in [-0.2, -0.15) is 0 Å². The van der Waals surface area contributed by atoms with Gasteiger partial charge >= 0.3 is 0 Å². The van der Waals surface area contributed by atoms with E-state index < -0.39 is 0 Å². The van der Waals surface area contributed by atoms with Gasteiger partial charge in [-0.1, -0.05) is 30.3 Å². The number of amides is 1. The molecule has 106 valence electrons. The third kappa shape index (κ3) is 3.11. The maximum Gasteiger partial charge on any atom is 0.267 e. The van der Waals surface area contributed by atoms with E-state index in [-0.39, 0.29) is 11.7 Å². The van der Waals surface area contributed by atoms with Gasteiger partial charge < -0.3 is 10.3 Å². The van der Waals surface area contributed by atoms with E-state index in [0.29, 0.717) is 18.7 Å². The molecule has 0 radical (unpaired) electrons. The summed E-state index contributed by atoms with van der Waals surface area (Å²) in [7, 11) is 0. The van der Waals surface area contributed by atoms with Gasteiger partial charge in [0.25, 0.3) is 5.91 Å². The van der Waals surface area contributed by atoms with Crippen molar-refractivity contribution in [2.24, 2.45) is 0 Å². The predicted octanol–water partition coefficient (Wildman–Crippen LogP) is 3.28. The summed E-state index contributed by atoms with van der Waals surface area (Å²) in [5.41, 5.74) is 2.34. The number of H-pyrrole nitrogens is 1. The molecule has 21 heavy (non-hydrogen) atoms. The van der Waals surface area contributed by atoms with Gasteiger partial charge in [0.15, 0.2) is 0 Å². The molecule has 4 heteroatoms. The molecule has 0 aliphatic heterocycles. The van der Waals surface area contributed by atoms with Crippen LogP contribution in [0.2, 0.25) is 0 Å². The van der Waals surface area contributed by atoms with Gasteiger partial charge in [0.1, 0.15) is 11.5 Å². The van der Waals surface area contributed by atoms with Crippen LogP contribution < -0.4 is 5.32 Å². The number of carbonyl (C=O) groups is 1. The number of rotatable bonds is 4. The molecule has 0 aliphatic carbocycles. The Kier molecular flexibility index (Phi) is 3.69. The van der Waals surface area contributed by atoms with Crippen LogP contribution in [0.15, 0.2) is 54.6 Å². The number of hydrogen-bond donors (Lipinski definition) is 2. The first kappa shape index (κ1) is 13.4. The SMILES string of the molecule is O=C(NCCc1cccc(F)c1)c1cc2ccccc2[nH]1. The van der Waals surface area contributed by atoms with Gasteiger partial charge in [0.05, 0.1) is 0 Å². The first-order valence-electron chi connectivity index (χ1n) is 6.83. The van der Waals surface area contributed by atoms with Crippen molar-refractivity contribution in [2.75, 3.05) is 6.54 Å². The zero-order chi connectivity index (χ0) is 14.7. The maximum absolute atomic E-state index is 13.0. The second kappa shape index (κ2) is 5.79. The Bertz CT molecular complexity index is 746. The van der Waals surface area contributed by atoms with Crippen molar-refractivity contribution in [3.63, 3.8) is 0 Å². The van der Waals surface area contributed by atoms with Crippen molar-refractivity contribution in [1.29, 1.82) is 0 Å². The van der Waals surface area contributed by atoms with Crippen molar-refractivity contribution >= 4 is 16.8 Å². The fourth-order valence-electron chi connectivity index (χ4n) is 2.30. The van der Waals surface area contributed by atoms with Crippen LogP contribution in [0.4, 0.5) is 4.39 Å². The Hall–Kier alpha value is -2.62. The van der Waals surface area contributed by atoms with Gasteiger partial charge in [-0.15, -0.1) is 0 Å². The number of para-hydroxylation sites is 1. The summed E-state index contributed by atoms with van der Waals surface area (Å²) >= 11 is 0. The topological polar surface area (TPSA) is 44.9 Å². The largest absolute Gasteiger partial charge is 0.351 e. The maximum atomic E-state index is 13.0. The molecule has 0 spiro atoms. The Morgan fingerprint density at radius 1 is 1.10 bits per heavy atom. The smallest absolute Gasteiger partial charge is 0.267 e. The van der Waals surface area contributed by atoms with Crippen LogP contribution in [0.1, 0.15) is 16.1 Å². The highest BCUT2D eigenvalue weighted by atomic mass is 19.1. The highest BCUT2D eigenvalue weighted by Gasteiger charge is 2.08. The molecule has 3 aromatic rings. The molecule has 3 nitrogen and oxygen atoms in total. The zero-order valence-electron chi connectivity index (χ0n) is 11.4. The van der Waals surface area contributed by atoms with Crippen LogP contribution in [0.25, 0.3) is 10.9 Å². The number of aromatic amines is 1. The fourth-order valence-corrected chi connectivity index (χ4v) is 2.30. The van der Waals surface area contributed by atoms with E-state index >= 15 is 0 Å². The number of carbonyl (C=O) groups excluding carboxylic acids is 1. The molecule has 1 amide bonds. The fraction of sp³-hybridized carbons (Fsp3) is 0.118. The molecule has 0 saturated carbocycles. The number of hydrogen-bond acceptors (Lipinski definition) is 1. The van der Waals surface area contributed by atoms with Gasteiger partial charge in [-0.05, 0) is 36.2 Å². The first-order valence-corrected chi connectivity index (χ1v) is 6.83. The second-order valence-electron chi connectivity index (χ2n) is 4.91. The number of halogens is 1. The summed E-state index contributed by atoms with van der Waals surface area (Å²) in [6.07, 6.45) is 0.601. The molecule has 0 aliphatic rings. The van der Waals surface area contributed by atoms with E-state index in [4.69, 9.17) is 0 Å². The van der Waals surface area contributed by atoms with Crippen molar-refractivity contribution in [3.8, 4) is 0 Å². The highest BCUT2D eigenvalue weighted by Crippen LogP contribution is 2.14. The molecule has 0 saturated heterocycles. The number of nitrogens with one attached hydrogen (secondary N) is 2. The second-order valence-corrected chi connectivity index (χ2v) is 4.91. The summed E-state index contributed by atoms with van der Waals surface area (Å²) in [6, 6.07) is 16.0. The standard InChI is InChI=1S/C17H15FN2O/c18-14-6-3-4-12(10-14)8-9-19-17(21)16-11-13-5-1-2-7-15(13)20-16/h1-7,10-11,20H,8-9H2,(H,19,21). The van der Waals surface area contributed by atoms with Crippen LogP contribution >= 0.6 is 0 Å².